The van der Waals surface area contributed by atoms with Crippen LogP contribution in [0.5, 0.6) is 0 Å². The van der Waals surface area contributed by atoms with Crippen LogP contribution >= 0.6 is 0 Å². The van der Waals surface area contributed by atoms with E-state index in [9.17, 15) is 19.6 Å². The molecule has 1 aliphatic rings. The molecule has 1 N–H and O–H groups in total. The Morgan fingerprint density at radius 1 is 1.58 bits per heavy atom. The quantitative estimate of drug-likeness (QED) is 0.672. The summed E-state index contributed by atoms with van der Waals surface area (Å²) in [6, 6.07) is 3.69. The maximum atomic E-state index is 13.7. The molecule has 104 valence electrons. The first-order valence-electron chi connectivity index (χ1n) is 6.30. The van der Waals surface area contributed by atoms with E-state index in [1.54, 1.807) is 0 Å². The number of rotatable bonds is 3. The van der Waals surface area contributed by atoms with Gasteiger partial charge in [0, 0.05) is 24.7 Å². The number of hydrogen-bond acceptors (Lipinski definition) is 4. The monoisotopic (exact) mass is 268 g/mol. The third-order valence-corrected chi connectivity index (χ3v) is 3.64. The van der Waals surface area contributed by atoms with Crippen LogP contribution in [0.1, 0.15) is 18.9 Å². The first-order valence-corrected chi connectivity index (χ1v) is 6.30. The minimum atomic E-state index is -0.612. The zero-order valence-corrected chi connectivity index (χ0v) is 10.8. The van der Waals surface area contributed by atoms with E-state index in [4.69, 9.17) is 0 Å². The van der Waals surface area contributed by atoms with E-state index >= 15 is 0 Å². The first-order chi connectivity index (χ1) is 8.97. The van der Waals surface area contributed by atoms with Crippen molar-refractivity contribution in [3.8, 4) is 0 Å². The predicted octanol–water partition coefficient (Wildman–Crippen LogP) is 1.94. The highest BCUT2D eigenvalue weighted by atomic mass is 19.1. The van der Waals surface area contributed by atoms with Crippen LogP contribution in [0.15, 0.2) is 18.2 Å². The lowest BCUT2D eigenvalue weighted by molar-refractivity contribution is -0.385. The van der Waals surface area contributed by atoms with Crippen LogP contribution in [-0.2, 0) is 6.54 Å². The Hall–Kier alpha value is -1.53. The van der Waals surface area contributed by atoms with Crippen LogP contribution in [0.3, 0.4) is 0 Å². The van der Waals surface area contributed by atoms with Gasteiger partial charge in [-0.3, -0.25) is 15.0 Å². The minimum absolute atomic E-state index is 0.242. The van der Waals surface area contributed by atoms with Gasteiger partial charge in [-0.2, -0.15) is 0 Å². The van der Waals surface area contributed by atoms with Crippen molar-refractivity contribution in [1.29, 1.82) is 0 Å². The average molecular weight is 268 g/mol. The molecule has 2 rings (SSSR count). The smallest absolute Gasteiger partial charge is 0.272 e. The number of halogens is 1. The number of aliphatic hydroxyl groups is 1. The molecule has 0 amide bonds. The highest BCUT2D eigenvalue weighted by Crippen LogP contribution is 2.22. The van der Waals surface area contributed by atoms with E-state index in [1.807, 2.05) is 11.8 Å². The van der Waals surface area contributed by atoms with Crippen LogP contribution in [0.25, 0.3) is 0 Å². The van der Waals surface area contributed by atoms with Crippen LogP contribution < -0.4 is 0 Å². The Morgan fingerprint density at radius 3 is 2.89 bits per heavy atom. The summed E-state index contributed by atoms with van der Waals surface area (Å²) in [4.78, 5) is 11.9. The van der Waals surface area contributed by atoms with E-state index < -0.39 is 16.8 Å². The molecule has 0 aliphatic carbocycles. The highest BCUT2D eigenvalue weighted by molar-refractivity contribution is 5.34. The van der Waals surface area contributed by atoms with Gasteiger partial charge in [-0.15, -0.1) is 0 Å². The molecule has 1 aromatic rings. The molecule has 0 spiro atoms. The third-order valence-electron chi connectivity index (χ3n) is 3.64. The van der Waals surface area contributed by atoms with Crippen molar-refractivity contribution >= 4 is 5.69 Å². The number of nitro groups is 1. The maximum absolute atomic E-state index is 13.7. The van der Waals surface area contributed by atoms with E-state index in [0.29, 0.717) is 18.7 Å². The van der Waals surface area contributed by atoms with Crippen LogP contribution in [-0.4, -0.2) is 34.1 Å². The minimum Gasteiger partial charge on any atom is -0.392 e. The second kappa shape index (κ2) is 5.63. The van der Waals surface area contributed by atoms with Crippen LogP contribution in [0.2, 0.25) is 0 Å². The number of likely N-dealkylation sites (tertiary alicyclic amines) is 1. The number of nitrogens with zero attached hydrogens (tertiary/aromatic N) is 2. The molecule has 2 atom stereocenters. The Labute approximate surface area is 110 Å². The van der Waals surface area contributed by atoms with Gasteiger partial charge in [0.25, 0.3) is 5.69 Å². The Kier molecular flexibility index (Phi) is 4.11. The van der Waals surface area contributed by atoms with Crippen LogP contribution in [0.4, 0.5) is 10.1 Å². The molecule has 1 fully saturated rings. The van der Waals surface area contributed by atoms with Gasteiger partial charge in [0.05, 0.1) is 17.1 Å². The van der Waals surface area contributed by atoms with E-state index in [0.717, 1.165) is 19.0 Å². The second-order valence-electron chi connectivity index (χ2n) is 5.10. The molecule has 5 nitrogen and oxygen atoms in total. The molecule has 2 unspecified atom stereocenters. The molecular weight excluding hydrogens is 251 g/mol. The molecule has 1 aromatic carbocycles. The number of piperidine rings is 1. The summed E-state index contributed by atoms with van der Waals surface area (Å²) in [6.07, 6.45) is 0.477. The molecule has 0 aromatic heterocycles. The summed E-state index contributed by atoms with van der Waals surface area (Å²) < 4.78 is 13.7. The average Bonchev–Trinajstić information content (AvgIpc) is 2.36. The van der Waals surface area contributed by atoms with Crippen molar-refractivity contribution in [3.05, 3.63) is 39.7 Å². The predicted molar refractivity (Wildman–Crippen MR) is 68.1 cm³/mol. The summed E-state index contributed by atoms with van der Waals surface area (Å²) in [7, 11) is 0. The van der Waals surface area contributed by atoms with Crippen molar-refractivity contribution in [2.45, 2.75) is 26.0 Å². The Bertz CT molecular complexity index is 481. The van der Waals surface area contributed by atoms with Gasteiger partial charge in [-0.1, -0.05) is 6.92 Å². The fraction of sp³-hybridized carbons (Fsp3) is 0.538. The lowest BCUT2D eigenvalue weighted by Gasteiger charge is -2.34. The first kappa shape index (κ1) is 13.9. The fourth-order valence-corrected chi connectivity index (χ4v) is 2.28. The van der Waals surface area contributed by atoms with Gasteiger partial charge >= 0.3 is 0 Å². The summed E-state index contributed by atoms with van der Waals surface area (Å²) in [6.45, 7) is 3.67. The summed E-state index contributed by atoms with van der Waals surface area (Å²) in [5, 5.41) is 20.3. The number of non-ortho nitro benzene ring substituents is 1. The van der Waals surface area contributed by atoms with Gasteiger partial charge < -0.3 is 5.11 Å². The van der Waals surface area contributed by atoms with Crippen molar-refractivity contribution in [2.75, 3.05) is 13.1 Å². The number of aliphatic hydroxyl groups excluding tert-OH is 1. The van der Waals surface area contributed by atoms with Gasteiger partial charge in [0.2, 0.25) is 0 Å². The molecule has 0 saturated carbocycles. The number of hydrogen-bond donors (Lipinski definition) is 1. The highest BCUT2D eigenvalue weighted by Gasteiger charge is 2.24. The standard InChI is InChI=1S/C13H17FN2O3/c1-9-4-5-15(8-13(9)17)7-10-2-3-11(16(18)19)6-12(10)14/h2-3,6,9,13,17H,4-5,7-8H2,1H3. The maximum Gasteiger partial charge on any atom is 0.272 e. The number of β-amino-alcohol motifs (C(OH)–C–C–N with tert-alkyl or cyclic N) is 1. The largest absolute Gasteiger partial charge is 0.392 e. The van der Waals surface area contributed by atoms with Gasteiger partial charge in [-0.05, 0) is 24.9 Å². The zero-order valence-electron chi connectivity index (χ0n) is 10.8. The molecule has 1 saturated heterocycles. The molecule has 1 heterocycles. The third kappa shape index (κ3) is 3.27. The lowest BCUT2D eigenvalue weighted by Crippen LogP contribution is -2.42. The Morgan fingerprint density at radius 2 is 2.32 bits per heavy atom. The van der Waals surface area contributed by atoms with E-state index in [1.165, 1.54) is 12.1 Å². The molecule has 0 radical (unpaired) electrons. The summed E-state index contributed by atoms with van der Waals surface area (Å²) in [5.74, 6) is -0.305. The van der Waals surface area contributed by atoms with E-state index in [-0.39, 0.29) is 11.6 Å². The van der Waals surface area contributed by atoms with Gasteiger partial charge in [0.15, 0.2) is 0 Å². The second-order valence-corrected chi connectivity index (χ2v) is 5.10. The topological polar surface area (TPSA) is 66.6 Å². The molecule has 1 aliphatic heterocycles. The van der Waals surface area contributed by atoms with Crippen molar-refractivity contribution in [3.63, 3.8) is 0 Å². The number of benzene rings is 1. The van der Waals surface area contributed by atoms with Gasteiger partial charge in [0.1, 0.15) is 5.82 Å². The molecular formula is C13H17FN2O3. The van der Waals surface area contributed by atoms with E-state index in [2.05, 4.69) is 0 Å². The molecule has 19 heavy (non-hydrogen) atoms. The molecule has 0 bridgehead atoms. The summed E-state index contributed by atoms with van der Waals surface area (Å²) in [5.41, 5.74) is 0.181. The van der Waals surface area contributed by atoms with Crippen molar-refractivity contribution in [2.24, 2.45) is 5.92 Å². The van der Waals surface area contributed by atoms with Gasteiger partial charge in [-0.25, -0.2) is 4.39 Å². The van der Waals surface area contributed by atoms with Crippen LogP contribution in [0, 0.1) is 21.8 Å². The zero-order chi connectivity index (χ0) is 14.0. The number of nitro benzene ring substituents is 1. The lowest BCUT2D eigenvalue weighted by atomic mass is 9.96. The molecule has 6 heteroatoms. The van der Waals surface area contributed by atoms with Crippen molar-refractivity contribution in [1.82, 2.24) is 4.90 Å². The Balaban J connectivity index is 2.05. The summed E-state index contributed by atoms with van der Waals surface area (Å²) >= 11 is 0. The van der Waals surface area contributed by atoms with Crippen molar-refractivity contribution < 1.29 is 14.4 Å². The fourth-order valence-electron chi connectivity index (χ4n) is 2.28. The SMILES string of the molecule is CC1CCN(Cc2ccc([N+](=O)[O-])cc2F)CC1O. The normalized spacial score (nSPS) is 24.4.